The molecule has 0 rings (SSSR count). The minimum atomic E-state index is -0.174. The summed E-state index contributed by atoms with van der Waals surface area (Å²) < 4.78 is 4.75. The molecule has 3 nitrogen and oxygen atoms in total. The van der Waals surface area contributed by atoms with Gasteiger partial charge in [-0.25, -0.2) is 0 Å². The van der Waals surface area contributed by atoms with E-state index < -0.39 is 0 Å². The van der Waals surface area contributed by atoms with E-state index in [1.54, 1.807) is 6.92 Å². The largest absolute Gasteiger partial charge is 0.465 e. The maximum Gasteiger partial charge on any atom is 0.315 e. The van der Waals surface area contributed by atoms with Crippen LogP contribution in [-0.4, -0.2) is 35.3 Å². The van der Waals surface area contributed by atoms with Crippen molar-refractivity contribution in [1.82, 2.24) is 0 Å². The summed E-state index contributed by atoms with van der Waals surface area (Å²) in [6.45, 7) is 4.39. The molecule has 4 heteroatoms. The van der Waals surface area contributed by atoms with Gasteiger partial charge in [-0.15, -0.1) is 11.8 Å². The van der Waals surface area contributed by atoms with Crippen LogP contribution in [0, 0.1) is 0 Å². The van der Waals surface area contributed by atoms with E-state index in [2.05, 4.69) is 0 Å². The third kappa shape index (κ3) is 6.49. The third-order valence-electron chi connectivity index (χ3n) is 1.33. The van der Waals surface area contributed by atoms with Crippen molar-refractivity contribution in [3.05, 3.63) is 0 Å². The summed E-state index contributed by atoms with van der Waals surface area (Å²) in [4.78, 5) is 10.8. The molecule has 0 fully saturated rings. The molecule has 0 aliphatic rings. The van der Waals surface area contributed by atoms with Crippen LogP contribution < -0.4 is 0 Å². The van der Waals surface area contributed by atoms with Crippen LogP contribution in [0.25, 0.3) is 0 Å². The van der Waals surface area contributed by atoms with Crippen molar-refractivity contribution >= 4 is 17.7 Å². The molecule has 72 valence electrons. The molecular weight excluding hydrogens is 176 g/mol. The minimum absolute atomic E-state index is 0.174. The molecule has 0 spiro atoms. The van der Waals surface area contributed by atoms with Crippen molar-refractivity contribution in [2.24, 2.45) is 0 Å². The first-order chi connectivity index (χ1) is 5.70. The molecule has 12 heavy (non-hydrogen) atoms. The summed E-state index contributed by atoms with van der Waals surface area (Å²) >= 11 is 1.51. The number of thioether (sulfide) groups is 1. The zero-order chi connectivity index (χ0) is 9.40. The fourth-order valence-corrected chi connectivity index (χ4v) is 1.45. The van der Waals surface area contributed by atoms with Gasteiger partial charge in [0.15, 0.2) is 0 Å². The Morgan fingerprint density at radius 3 is 2.83 bits per heavy atom. The average Bonchev–Trinajstić information content (AvgIpc) is 2.02. The van der Waals surface area contributed by atoms with Gasteiger partial charge in [0.2, 0.25) is 0 Å². The van der Waals surface area contributed by atoms with E-state index in [0.717, 1.165) is 6.42 Å². The Bertz CT molecular complexity index is 127. The lowest BCUT2D eigenvalue weighted by Crippen LogP contribution is -2.10. The summed E-state index contributed by atoms with van der Waals surface area (Å²) in [7, 11) is 0. The van der Waals surface area contributed by atoms with E-state index in [0.29, 0.717) is 17.6 Å². The topological polar surface area (TPSA) is 46.5 Å². The molecule has 1 atom stereocenters. The van der Waals surface area contributed by atoms with Gasteiger partial charge in [0.05, 0.1) is 12.4 Å². The predicted molar refractivity (Wildman–Crippen MR) is 50.3 cm³/mol. The van der Waals surface area contributed by atoms with Crippen molar-refractivity contribution in [3.8, 4) is 0 Å². The van der Waals surface area contributed by atoms with Crippen molar-refractivity contribution in [1.29, 1.82) is 0 Å². The average molecular weight is 192 g/mol. The van der Waals surface area contributed by atoms with Crippen LogP contribution in [0.2, 0.25) is 0 Å². The van der Waals surface area contributed by atoms with E-state index in [1.165, 1.54) is 11.8 Å². The summed E-state index contributed by atoms with van der Waals surface area (Å²) in [5.74, 6) is 0.210. The van der Waals surface area contributed by atoms with Crippen LogP contribution in [0.5, 0.6) is 0 Å². The molecule has 1 N–H and O–H groups in total. The Kier molecular flexibility index (Phi) is 7.29. The number of esters is 1. The molecule has 0 heterocycles. The molecule has 0 aliphatic heterocycles. The minimum Gasteiger partial charge on any atom is -0.465 e. The van der Waals surface area contributed by atoms with Gasteiger partial charge in [0.25, 0.3) is 0 Å². The number of aliphatic hydroxyl groups excluding tert-OH is 1. The van der Waals surface area contributed by atoms with Crippen LogP contribution in [0.4, 0.5) is 0 Å². The first kappa shape index (κ1) is 11.8. The Hall–Kier alpha value is -0.220. The fourth-order valence-electron chi connectivity index (χ4n) is 0.678. The highest BCUT2D eigenvalue weighted by atomic mass is 32.2. The van der Waals surface area contributed by atoms with Crippen molar-refractivity contribution in [2.45, 2.75) is 25.5 Å². The first-order valence-electron chi connectivity index (χ1n) is 4.08. The Morgan fingerprint density at radius 1 is 1.67 bits per heavy atom. The van der Waals surface area contributed by atoms with Crippen LogP contribution in [0.3, 0.4) is 0 Å². The second kappa shape index (κ2) is 7.43. The number of carbonyl (C=O) groups excluding carboxylic acids is 1. The molecule has 1 unspecified atom stereocenters. The Balaban J connectivity index is 3.33. The lowest BCUT2D eigenvalue weighted by Gasteiger charge is -2.07. The highest BCUT2D eigenvalue weighted by molar-refractivity contribution is 8.00. The van der Waals surface area contributed by atoms with Crippen molar-refractivity contribution in [2.75, 3.05) is 19.0 Å². The van der Waals surface area contributed by atoms with Crippen molar-refractivity contribution in [3.63, 3.8) is 0 Å². The maximum absolute atomic E-state index is 10.8. The van der Waals surface area contributed by atoms with Gasteiger partial charge in [0, 0.05) is 11.9 Å². The number of carbonyl (C=O) groups is 1. The molecule has 0 bridgehead atoms. The Morgan fingerprint density at radius 2 is 2.33 bits per heavy atom. The molecule has 0 saturated heterocycles. The van der Waals surface area contributed by atoms with Crippen LogP contribution in [0.15, 0.2) is 0 Å². The lowest BCUT2D eigenvalue weighted by molar-refractivity contribution is -0.139. The van der Waals surface area contributed by atoms with Gasteiger partial charge in [0.1, 0.15) is 0 Å². The maximum atomic E-state index is 10.8. The van der Waals surface area contributed by atoms with Crippen LogP contribution in [0.1, 0.15) is 20.3 Å². The summed E-state index contributed by atoms with van der Waals surface area (Å²) in [5, 5.41) is 8.89. The zero-order valence-corrected chi connectivity index (χ0v) is 8.39. The first-order valence-corrected chi connectivity index (χ1v) is 5.13. The standard InChI is InChI=1S/C8H16O3S/c1-3-11-8(10)6-12-7(2)4-5-9/h7,9H,3-6H2,1-2H3. The molecule has 0 radical (unpaired) electrons. The lowest BCUT2D eigenvalue weighted by atomic mass is 10.3. The second-order valence-corrected chi connectivity index (χ2v) is 3.87. The van der Waals surface area contributed by atoms with Gasteiger partial charge in [-0.3, -0.25) is 4.79 Å². The number of hydrogen-bond acceptors (Lipinski definition) is 4. The number of hydrogen-bond donors (Lipinski definition) is 1. The number of rotatable bonds is 6. The molecule has 0 aromatic rings. The second-order valence-electron chi connectivity index (χ2n) is 2.44. The number of ether oxygens (including phenoxy) is 1. The van der Waals surface area contributed by atoms with E-state index >= 15 is 0 Å². The molecule has 0 aliphatic carbocycles. The van der Waals surface area contributed by atoms with Crippen LogP contribution >= 0.6 is 11.8 Å². The fraction of sp³-hybridized carbons (Fsp3) is 0.875. The number of aliphatic hydroxyl groups is 1. The van der Waals surface area contributed by atoms with Gasteiger partial charge in [-0.05, 0) is 13.3 Å². The van der Waals surface area contributed by atoms with E-state index in [1.807, 2.05) is 6.92 Å². The highest BCUT2D eigenvalue weighted by Gasteiger charge is 2.06. The molecule has 0 aromatic heterocycles. The zero-order valence-electron chi connectivity index (χ0n) is 7.58. The smallest absolute Gasteiger partial charge is 0.315 e. The van der Waals surface area contributed by atoms with E-state index in [9.17, 15) is 4.79 Å². The highest BCUT2D eigenvalue weighted by Crippen LogP contribution is 2.13. The summed E-state index contributed by atoms with van der Waals surface area (Å²) in [6.07, 6.45) is 0.726. The molecule has 0 aromatic carbocycles. The van der Waals surface area contributed by atoms with Crippen LogP contribution in [-0.2, 0) is 9.53 Å². The van der Waals surface area contributed by atoms with E-state index in [-0.39, 0.29) is 12.6 Å². The van der Waals surface area contributed by atoms with Gasteiger partial charge in [-0.2, -0.15) is 0 Å². The monoisotopic (exact) mass is 192 g/mol. The Labute approximate surface area is 77.5 Å². The van der Waals surface area contributed by atoms with Gasteiger partial charge >= 0.3 is 5.97 Å². The van der Waals surface area contributed by atoms with E-state index in [4.69, 9.17) is 9.84 Å². The normalized spacial score (nSPS) is 12.6. The molecule has 0 amide bonds. The van der Waals surface area contributed by atoms with Crippen molar-refractivity contribution < 1.29 is 14.6 Å². The third-order valence-corrected chi connectivity index (χ3v) is 2.53. The van der Waals surface area contributed by atoms with Gasteiger partial charge < -0.3 is 9.84 Å². The predicted octanol–water partition coefficient (Wildman–Crippen LogP) is 1.05. The quantitative estimate of drug-likeness (QED) is 0.639. The molecular formula is C8H16O3S. The SMILES string of the molecule is CCOC(=O)CSC(C)CCO. The summed E-state index contributed by atoms with van der Waals surface area (Å²) in [5.41, 5.74) is 0. The summed E-state index contributed by atoms with van der Waals surface area (Å²) in [6, 6.07) is 0. The van der Waals surface area contributed by atoms with Gasteiger partial charge in [-0.1, -0.05) is 6.92 Å². The molecule has 0 saturated carbocycles.